The SMILES string of the molecule is C[C@@H]1CN(C(=O)[C@@H]2C[C@H]3CC[C@H]2C3)[C@H](C)CN1C(=O)[C@H]1C[C@H]2CC[C@H]1C2. The lowest BCUT2D eigenvalue weighted by Gasteiger charge is -2.46. The van der Waals surface area contributed by atoms with Crippen LogP contribution >= 0.6 is 0 Å². The highest BCUT2D eigenvalue weighted by molar-refractivity contribution is 5.82. The topological polar surface area (TPSA) is 40.6 Å². The molecule has 0 aromatic heterocycles. The Kier molecular flexibility index (Phi) is 4.09. The summed E-state index contributed by atoms with van der Waals surface area (Å²) in [6.07, 6.45) is 10.00. The molecule has 0 N–H and O–H groups in total. The summed E-state index contributed by atoms with van der Waals surface area (Å²) in [5.74, 6) is 4.23. The maximum Gasteiger partial charge on any atom is 0.226 e. The Morgan fingerprint density at radius 3 is 1.38 bits per heavy atom. The van der Waals surface area contributed by atoms with Crippen molar-refractivity contribution in [3.63, 3.8) is 0 Å². The van der Waals surface area contributed by atoms with E-state index in [0.717, 1.165) is 37.8 Å². The van der Waals surface area contributed by atoms with E-state index in [0.29, 0.717) is 23.7 Å². The normalized spacial score (nSPS) is 47.0. The number of piperazine rings is 1. The fraction of sp³-hybridized carbons (Fsp3) is 0.909. The van der Waals surface area contributed by atoms with Crippen LogP contribution in [0.2, 0.25) is 0 Å². The molecule has 5 fully saturated rings. The Balaban J connectivity index is 1.25. The summed E-state index contributed by atoms with van der Waals surface area (Å²) < 4.78 is 0. The molecule has 4 heteroatoms. The summed E-state index contributed by atoms with van der Waals surface area (Å²) in [7, 11) is 0. The maximum atomic E-state index is 13.2. The van der Waals surface area contributed by atoms with Gasteiger partial charge in [-0.25, -0.2) is 0 Å². The molecule has 4 bridgehead atoms. The molecule has 0 aromatic carbocycles. The van der Waals surface area contributed by atoms with Gasteiger partial charge in [0.1, 0.15) is 0 Å². The number of hydrogen-bond donors (Lipinski definition) is 0. The molecule has 0 spiro atoms. The van der Waals surface area contributed by atoms with Gasteiger partial charge >= 0.3 is 0 Å². The predicted molar refractivity (Wildman–Crippen MR) is 100 cm³/mol. The Hall–Kier alpha value is -1.06. The Bertz CT molecular complexity index is 553. The average molecular weight is 359 g/mol. The van der Waals surface area contributed by atoms with Crippen molar-refractivity contribution in [2.75, 3.05) is 13.1 Å². The first-order valence-corrected chi connectivity index (χ1v) is 11.1. The lowest BCUT2D eigenvalue weighted by Crippen LogP contribution is -2.61. The monoisotopic (exact) mass is 358 g/mol. The lowest BCUT2D eigenvalue weighted by atomic mass is 9.86. The van der Waals surface area contributed by atoms with Crippen molar-refractivity contribution in [3.8, 4) is 0 Å². The van der Waals surface area contributed by atoms with Gasteiger partial charge in [0.25, 0.3) is 0 Å². The second kappa shape index (κ2) is 6.24. The van der Waals surface area contributed by atoms with Crippen LogP contribution < -0.4 is 0 Å². The van der Waals surface area contributed by atoms with E-state index in [1.54, 1.807) is 0 Å². The van der Waals surface area contributed by atoms with Crippen LogP contribution in [0, 0.1) is 35.5 Å². The van der Waals surface area contributed by atoms with Gasteiger partial charge < -0.3 is 9.80 Å². The van der Waals surface area contributed by atoms with Gasteiger partial charge in [0.2, 0.25) is 11.8 Å². The molecule has 26 heavy (non-hydrogen) atoms. The number of nitrogens with zero attached hydrogens (tertiary/aromatic N) is 2. The smallest absolute Gasteiger partial charge is 0.226 e. The van der Waals surface area contributed by atoms with Gasteiger partial charge in [-0.1, -0.05) is 12.8 Å². The van der Waals surface area contributed by atoms with Crippen LogP contribution in [0.15, 0.2) is 0 Å². The fourth-order valence-electron chi connectivity index (χ4n) is 7.26. The molecular weight excluding hydrogens is 324 g/mol. The van der Waals surface area contributed by atoms with E-state index in [1.165, 1.54) is 38.5 Å². The van der Waals surface area contributed by atoms with Crippen molar-refractivity contribution >= 4 is 11.8 Å². The Morgan fingerprint density at radius 1 is 0.654 bits per heavy atom. The van der Waals surface area contributed by atoms with Crippen LogP contribution in [0.25, 0.3) is 0 Å². The number of carbonyl (C=O) groups is 2. The van der Waals surface area contributed by atoms with Crippen LogP contribution in [-0.4, -0.2) is 46.8 Å². The van der Waals surface area contributed by atoms with Crippen molar-refractivity contribution < 1.29 is 9.59 Å². The summed E-state index contributed by atoms with van der Waals surface area (Å²) in [6.45, 7) is 5.77. The second-order valence-corrected chi connectivity index (χ2v) is 10.2. The number of fused-ring (bicyclic) bond motifs is 4. The molecule has 1 saturated heterocycles. The van der Waals surface area contributed by atoms with E-state index in [-0.39, 0.29) is 23.9 Å². The second-order valence-electron chi connectivity index (χ2n) is 10.2. The third-order valence-electron chi connectivity index (χ3n) is 8.66. The first kappa shape index (κ1) is 17.1. The highest BCUT2D eigenvalue weighted by Crippen LogP contribution is 2.50. The highest BCUT2D eigenvalue weighted by Gasteiger charge is 2.48. The molecule has 4 saturated carbocycles. The lowest BCUT2D eigenvalue weighted by molar-refractivity contribution is -0.152. The minimum Gasteiger partial charge on any atom is -0.336 e. The van der Waals surface area contributed by atoms with Crippen molar-refractivity contribution in [3.05, 3.63) is 0 Å². The van der Waals surface area contributed by atoms with Crippen molar-refractivity contribution in [1.82, 2.24) is 9.80 Å². The van der Waals surface area contributed by atoms with E-state index < -0.39 is 0 Å². The zero-order valence-corrected chi connectivity index (χ0v) is 16.4. The van der Waals surface area contributed by atoms with Crippen LogP contribution in [-0.2, 0) is 9.59 Å². The minimum atomic E-state index is 0.167. The molecule has 5 aliphatic rings. The van der Waals surface area contributed by atoms with Gasteiger partial charge in [0.15, 0.2) is 0 Å². The van der Waals surface area contributed by atoms with E-state index >= 15 is 0 Å². The van der Waals surface area contributed by atoms with E-state index in [1.807, 2.05) is 0 Å². The van der Waals surface area contributed by atoms with Gasteiger partial charge in [-0.2, -0.15) is 0 Å². The molecule has 4 aliphatic carbocycles. The number of carbonyl (C=O) groups excluding carboxylic acids is 2. The molecule has 1 heterocycles. The van der Waals surface area contributed by atoms with Gasteiger partial charge in [-0.15, -0.1) is 0 Å². The standard InChI is InChI=1S/C22H34N2O2/c1-13-11-24(22(26)20-10-16-4-6-18(20)8-16)14(2)12-23(13)21(25)19-9-15-3-5-17(19)7-15/h13-20H,3-12H2,1-2H3/t13-,14-,15+,16+,17+,18+,19-,20+/m1/s1. The molecule has 1 aliphatic heterocycles. The number of amides is 2. The summed E-state index contributed by atoms with van der Waals surface area (Å²) in [4.78, 5) is 30.7. The highest BCUT2D eigenvalue weighted by atomic mass is 16.2. The van der Waals surface area contributed by atoms with Crippen LogP contribution in [0.1, 0.15) is 65.2 Å². The zero-order chi connectivity index (χ0) is 18.0. The molecule has 4 nitrogen and oxygen atoms in total. The zero-order valence-electron chi connectivity index (χ0n) is 16.4. The molecule has 8 atom stereocenters. The largest absolute Gasteiger partial charge is 0.336 e. The summed E-state index contributed by atoms with van der Waals surface area (Å²) >= 11 is 0. The summed E-state index contributed by atoms with van der Waals surface area (Å²) in [5.41, 5.74) is 0. The average Bonchev–Trinajstić information content (AvgIpc) is 3.42. The summed E-state index contributed by atoms with van der Waals surface area (Å²) in [6, 6.07) is 0.334. The van der Waals surface area contributed by atoms with Crippen molar-refractivity contribution in [1.29, 1.82) is 0 Å². The molecule has 2 amide bonds. The van der Waals surface area contributed by atoms with Crippen molar-refractivity contribution in [2.45, 2.75) is 77.3 Å². The summed E-state index contributed by atoms with van der Waals surface area (Å²) in [5, 5.41) is 0. The van der Waals surface area contributed by atoms with Crippen LogP contribution in [0.4, 0.5) is 0 Å². The van der Waals surface area contributed by atoms with E-state index in [4.69, 9.17) is 0 Å². The fourth-order valence-corrected chi connectivity index (χ4v) is 7.26. The number of rotatable bonds is 2. The molecule has 0 unspecified atom stereocenters. The van der Waals surface area contributed by atoms with Crippen LogP contribution in [0.3, 0.4) is 0 Å². The Morgan fingerprint density at radius 2 is 1.08 bits per heavy atom. The molecular formula is C22H34N2O2. The van der Waals surface area contributed by atoms with Gasteiger partial charge in [-0.05, 0) is 76.0 Å². The first-order valence-electron chi connectivity index (χ1n) is 11.1. The van der Waals surface area contributed by atoms with Crippen molar-refractivity contribution in [2.24, 2.45) is 35.5 Å². The molecule has 144 valence electrons. The first-order chi connectivity index (χ1) is 12.5. The minimum absolute atomic E-state index is 0.167. The van der Waals surface area contributed by atoms with Gasteiger partial charge in [-0.3, -0.25) is 9.59 Å². The third kappa shape index (κ3) is 2.62. The van der Waals surface area contributed by atoms with Gasteiger partial charge in [0, 0.05) is 37.0 Å². The Labute approximate surface area is 157 Å². The van der Waals surface area contributed by atoms with Crippen LogP contribution in [0.5, 0.6) is 0 Å². The van der Waals surface area contributed by atoms with Gasteiger partial charge in [0.05, 0.1) is 0 Å². The predicted octanol–water partition coefficient (Wildman–Crippen LogP) is 3.31. The molecule has 0 radical (unpaired) electrons. The van der Waals surface area contributed by atoms with E-state index in [2.05, 4.69) is 23.6 Å². The maximum absolute atomic E-state index is 13.2. The molecule has 0 aromatic rings. The third-order valence-corrected chi connectivity index (χ3v) is 8.66. The number of hydrogen-bond acceptors (Lipinski definition) is 2. The molecule has 5 rings (SSSR count). The van der Waals surface area contributed by atoms with E-state index in [9.17, 15) is 9.59 Å². The quantitative estimate of drug-likeness (QED) is 0.760.